The number of fused-ring (bicyclic) bond motifs is 2. The van der Waals surface area contributed by atoms with Crippen LogP contribution in [0.4, 0.5) is 16.2 Å². The van der Waals surface area contributed by atoms with Gasteiger partial charge in [0.15, 0.2) is 11.8 Å². The summed E-state index contributed by atoms with van der Waals surface area (Å²) in [6.45, 7) is 6.21. The highest BCUT2D eigenvalue weighted by molar-refractivity contribution is 5.81. The molecule has 1 atom stereocenters. The van der Waals surface area contributed by atoms with Gasteiger partial charge in [-0.3, -0.25) is 0 Å². The van der Waals surface area contributed by atoms with Crippen LogP contribution >= 0.6 is 0 Å². The summed E-state index contributed by atoms with van der Waals surface area (Å²) < 4.78 is 21.0. The molecule has 1 amide bonds. The van der Waals surface area contributed by atoms with Crippen molar-refractivity contribution in [2.24, 2.45) is 0 Å². The Labute approximate surface area is 242 Å². The summed E-state index contributed by atoms with van der Waals surface area (Å²) in [6.07, 6.45) is 5.34. The van der Waals surface area contributed by atoms with Crippen molar-refractivity contribution >= 4 is 23.4 Å². The van der Waals surface area contributed by atoms with Gasteiger partial charge in [-0.15, -0.1) is 0 Å². The number of carbonyl (C=O) groups is 2. The number of anilines is 2. The highest BCUT2D eigenvalue weighted by Gasteiger charge is 2.25. The standard InChI is InChI=1S/C32H41N3O6/c1-32(2,3)40-31(37)33-27(30(36)38-4)22-39-21-26-20-25(34-41-26)14-6-5-11-19-35-28-15-9-7-12-23(28)17-18-24-13-8-10-16-29(24)35/h7-10,12-13,15-16,20,27H,5-6,11,14,17-19,21-22H2,1-4H3,(H,33,37)/t27-/m0/s1. The van der Waals surface area contributed by atoms with Crippen LogP contribution < -0.4 is 10.2 Å². The number of ether oxygens (including phenoxy) is 3. The van der Waals surface area contributed by atoms with Crippen molar-refractivity contribution in [3.8, 4) is 0 Å². The molecule has 0 bridgehead atoms. The predicted octanol–water partition coefficient (Wildman–Crippen LogP) is 5.91. The fraction of sp³-hybridized carbons (Fsp3) is 0.469. The molecule has 0 saturated carbocycles. The van der Waals surface area contributed by atoms with E-state index in [2.05, 4.69) is 63.9 Å². The topological polar surface area (TPSA) is 103 Å². The van der Waals surface area contributed by atoms with Gasteiger partial charge in [0, 0.05) is 24.0 Å². The van der Waals surface area contributed by atoms with E-state index in [0.29, 0.717) is 5.76 Å². The second kappa shape index (κ2) is 14.2. The van der Waals surface area contributed by atoms with Gasteiger partial charge in [-0.25, -0.2) is 9.59 Å². The van der Waals surface area contributed by atoms with E-state index in [9.17, 15) is 9.59 Å². The second-order valence-corrected chi connectivity index (χ2v) is 11.2. The number of aromatic nitrogens is 1. The first-order chi connectivity index (χ1) is 19.7. The van der Waals surface area contributed by atoms with Crippen LogP contribution in [0.1, 0.15) is 62.6 Å². The van der Waals surface area contributed by atoms with Crippen LogP contribution in [0.25, 0.3) is 0 Å². The maximum absolute atomic E-state index is 12.1. The van der Waals surface area contributed by atoms with E-state index in [-0.39, 0.29) is 13.2 Å². The lowest BCUT2D eigenvalue weighted by molar-refractivity contribution is -0.145. The summed E-state index contributed by atoms with van der Waals surface area (Å²) in [4.78, 5) is 26.6. The molecule has 0 fully saturated rings. The highest BCUT2D eigenvalue weighted by atomic mass is 16.6. The Balaban J connectivity index is 1.21. The molecular weight excluding hydrogens is 522 g/mol. The van der Waals surface area contributed by atoms with Crippen molar-refractivity contribution in [2.75, 3.05) is 25.2 Å². The Morgan fingerprint density at radius 2 is 1.66 bits per heavy atom. The van der Waals surface area contributed by atoms with Crippen molar-refractivity contribution < 1.29 is 28.3 Å². The van der Waals surface area contributed by atoms with Crippen molar-refractivity contribution in [2.45, 2.75) is 77.5 Å². The number of hydrogen-bond acceptors (Lipinski definition) is 8. The van der Waals surface area contributed by atoms with Crippen LogP contribution in [0.2, 0.25) is 0 Å². The minimum absolute atomic E-state index is 0.0926. The van der Waals surface area contributed by atoms with E-state index >= 15 is 0 Å². The minimum atomic E-state index is -1.000. The molecule has 41 heavy (non-hydrogen) atoms. The fourth-order valence-electron chi connectivity index (χ4n) is 4.94. The first kappa shape index (κ1) is 30.1. The molecule has 220 valence electrons. The number of unbranched alkanes of at least 4 members (excludes halogenated alkanes) is 2. The average molecular weight is 564 g/mol. The van der Waals surface area contributed by atoms with Crippen molar-refractivity contribution in [3.63, 3.8) is 0 Å². The lowest BCUT2D eigenvalue weighted by Gasteiger charge is -2.27. The monoisotopic (exact) mass is 563 g/mol. The zero-order valence-electron chi connectivity index (χ0n) is 24.5. The fourth-order valence-corrected chi connectivity index (χ4v) is 4.94. The number of para-hydroxylation sites is 2. The largest absolute Gasteiger partial charge is 0.467 e. The molecular formula is C32H41N3O6. The molecule has 1 N–H and O–H groups in total. The third-order valence-electron chi connectivity index (χ3n) is 6.86. The molecule has 0 unspecified atom stereocenters. The molecule has 1 aliphatic heterocycles. The van der Waals surface area contributed by atoms with Gasteiger partial charge in [0.1, 0.15) is 12.2 Å². The maximum atomic E-state index is 12.1. The van der Waals surface area contributed by atoms with Gasteiger partial charge in [-0.05, 0) is 76.1 Å². The molecule has 0 aliphatic carbocycles. The van der Waals surface area contributed by atoms with E-state index in [1.54, 1.807) is 20.8 Å². The van der Waals surface area contributed by atoms with Gasteiger partial charge in [0.05, 0.1) is 19.4 Å². The average Bonchev–Trinajstić information content (AvgIpc) is 3.33. The molecule has 0 radical (unpaired) electrons. The minimum Gasteiger partial charge on any atom is -0.467 e. The number of rotatable bonds is 12. The number of carbonyl (C=O) groups excluding carboxylic acids is 2. The van der Waals surface area contributed by atoms with E-state index in [4.69, 9.17) is 18.7 Å². The Bertz CT molecular complexity index is 1250. The van der Waals surface area contributed by atoms with Crippen LogP contribution in [0, 0.1) is 0 Å². The third kappa shape index (κ3) is 8.82. The number of esters is 1. The zero-order chi connectivity index (χ0) is 29.2. The predicted molar refractivity (Wildman–Crippen MR) is 156 cm³/mol. The Morgan fingerprint density at radius 3 is 2.29 bits per heavy atom. The summed E-state index contributed by atoms with van der Waals surface area (Å²) in [5.41, 5.74) is 5.61. The van der Waals surface area contributed by atoms with E-state index in [1.165, 1.54) is 29.6 Å². The molecule has 1 aromatic heterocycles. The van der Waals surface area contributed by atoms with E-state index < -0.39 is 23.7 Å². The van der Waals surface area contributed by atoms with Crippen LogP contribution in [0.15, 0.2) is 59.1 Å². The van der Waals surface area contributed by atoms with Gasteiger partial charge in [0.2, 0.25) is 0 Å². The first-order valence-corrected chi connectivity index (χ1v) is 14.3. The number of hydrogen-bond donors (Lipinski definition) is 1. The Hall–Kier alpha value is -3.85. The van der Waals surface area contributed by atoms with Crippen molar-refractivity contribution in [1.29, 1.82) is 0 Å². The number of aryl methyl sites for hydroxylation is 3. The molecule has 0 spiro atoms. The van der Waals surface area contributed by atoms with Gasteiger partial charge in [0.25, 0.3) is 0 Å². The van der Waals surface area contributed by atoms with Gasteiger partial charge < -0.3 is 29.0 Å². The molecule has 2 aromatic carbocycles. The van der Waals surface area contributed by atoms with Gasteiger partial charge >= 0.3 is 12.1 Å². The van der Waals surface area contributed by atoms with Crippen molar-refractivity contribution in [3.05, 3.63) is 77.2 Å². The summed E-state index contributed by atoms with van der Waals surface area (Å²) in [5.74, 6) is -0.0695. The first-order valence-electron chi connectivity index (χ1n) is 14.3. The number of benzene rings is 2. The zero-order valence-corrected chi connectivity index (χ0v) is 24.5. The Kier molecular flexibility index (Phi) is 10.4. The maximum Gasteiger partial charge on any atom is 0.408 e. The molecule has 1 aliphatic rings. The van der Waals surface area contributed by atoms with E-state index in [0.717, 1.165) is 50.8 Å². The number of nitrogens with one attached hydrogen (secondary N) is 1. The number of alkyl carbamates (subject to hydrolysis) is 1. The summed E-state index contributed by atoms with van der Waals surface area (Å²) in [5, 5.41) is 6.65. The SMILES string of the molecule is COC(=O)[C@H](COCc1cc(CCCCCN2c3ccccc3CCc3ccccc32)no1)NC(=O)OC(C)(C)C. The van der Waals surface area contributed by atoms with Gasteiger partial charge in [-0.2, -0.15) is 0 Å². The van der Waals surface area contributed by atoms with Crippen molar-refractivity contribution in [1.82, 2.24) is 10.5 Å². The number of nitrogens with zero attached hydrogens (tertiary/aromatic N) is 2. The number of methoxy groups -OCH3 is 1. The summed E-state index contributed by atoms with van der Waals surface area (Å²) in [7, 11) is 1.25. The molecule has 2 heterocycles. The lowest BCUT2D eigenvalue weighted by atomic mass is 10.0. The molecule has 3 aromatic rings. The second-order valence-electron chi connectivity index (χ2n) is 11.2. The van der Waals surface area contributed by atoms with E-state index in [1.807, 2.05) is 6.07 Å². The lowest BCUT2D eigenvalue weighted by Crippen LogP contribution is -2.46. The smallest absolute Gasteiger partial charge is 0.408 e. The molecule has 9 heteroatoms. The summed E-state index contributed by atoms with van der Waals surface area (Å²) in [6, 6.07) is 18.3. The van der Waals surface area contributed by atoms with Crippen LogP contribution in [0.3, 0.4) is 0 Å². The summed E-state index contributed by atoms with van der Waals surface area (Å²) >= 11 is 0. The van der Waals surface area contributed by atoms with Crippen LogP contribution in [-0.4, -0.2) is 49.1 Å². The normalized spacial score (nSPS) is 13.5. The number of amides is 1. The molecule has 9 nitrogen and oxygen atoms in total. The highest BCUT2D eigenvalue weighted by Crippen LogP contribution is 2.36. The van der Waals surface area contributed by atoms with Crippen LogP contribution in [-0.2, 0) is 44.9 Å². The van der Waals surface area contributed by atoms with Gasteiger partial charge in [-0.1, -0.05) is 48.0 Å². The molecule has 0 saturated heterocycles. The molecule has 4 rings (SSSR count). The third-order valence-corrected chi connectivity index (χ3v) is 6.86. The Morgan fingerprint density at radius 1 is 1.00 bits per heavy atom. The quantitative estimate of drug-likeness (QED) is 0.214. The van der Waals surface area contributed by atoms with Crippen LogP contribution in [0.5, 0.6) is 0 Å².